The predicted octanol–water partition coefficient (Wildman–Crippen LogP) is 3.63. The van der Waals surface area contributed by atoms with Crippen LogP contribution < -0.4 is 15.4 Å². The monoisotopic (exact) mass is 403 g/mol. The number of anilines is 1. The molecule has 1 atom stereocenters. The van der Waals surface area contributed by atoms with Gasteiger partial charge in [0.25, 0.3) is 0 Å². The fraction of sp³-hybridized carbons (Fsp3) is 0.550. The zero-order valence-corrected chi connectivity index (χ0v) is 17.6. The molecule has 0 bridgehead atoms. The van der Waals surface area contributed by atoms with Crippen LogP contribution in [0.4, 0.5) is 5.69 Å². The number of carbonyl (C=O) groups is 1. The van der Waals surface area contributed by atoms with Crippen molar-refractivity contribution >= 4 is 23.4 Å². The van der Waals surface area contributed by atoms with Gasteiger partial charge in [-0.25, -0.2) is 0 Å². The number of hydrogen-bond donors (Lipinski definition) is 2. The average Bonchev–Trinajstić information content (AvgIpc) is 3.14. The molecule has 1 aliphatic rings. The molecule has 2 aromatic rings. The highest BCUT2D eigenvalue weighted by Crippen LogP contribution is 2.34. The Labute approximate surface area is 170 Å². The summed E-state index contributed by atoms with van der Waals surface area (Å²) in [5.74, 6) is 1.72. The Morgan fingerprint density at radius 2 is 2.11 bits per heavy atom. The van der Waals surface area contributed by atoms with Crippen LogP contribution in [0.1, 0.15) is 50.9 Å². The van der Waals surface area contributed by atoms with E-state index in [1.807, 2.05) is 31.2 Å². The Morgan fingerprint density at radius 3 is 2.82 bits per heavy atom. The first-order chi connectivity index (χ1) is 13.6. The van der Waals surface area contributed by atoms with E-state index in [2.05, 4.69) is 25.4 Å². The van der Waals surface area contributed by atoms with Gasteiger partial charge < -0.3 is 19.9 Å². The lowest BCUT2D eigenvalue weighted by atomic mass is 9.95. The van der Waals surface area contributed by atoms with Crippen molar-refractivity contribution in [2.24, 2.45) is 0 Å². The molecular weight excluding hydrogens is 374 g/mol. The normalized spacial score (nSPS) is 15.8. The van der Waals surface area contributed by atoms with Crippen molar-refractivity contribution < 1.29 is 9.53 Å². The molecule has 1 fully saturated rings. The van der Waals surface area contributed by atoms with E-state index in [4.69, 9.17) is 4.74 Å². The summed E-state index contributed by atoms with van der Waals surface area (Å²) in [6.45, 7) is 2.48. The number of nitrogens with zero attached hydrogens (tertiary/aromatic N) is 3. The largest absolute Gasteiger partial charge is 0.497 e. The number of aromatic nitrogens is 3. The summed E-state index contributed by atoms with van der Waals surface area (Å²) in [6.07, 6.45) is 5.99. The fourth-order valence-corrected chi connectivity index (χ4v) is 4.54. The van der Waals surface area contributed by atoms with Crippen LogP contribution in [0.25, 0.3) is 0 Å². The van der Waals surface area contributed by atoms with Crippen molar-refractivity contribution in [3.8, 4) is 5.75 Å². The minimum Gasteiger partial charge on any atom is -0.497 e. The summed E-state index contributed by atoms with van der Waals surface area (Å²) in [6, 6.07) is 8.24. The molecule has 0 saturated heterocycles. The van der Waals surface area contributed by atoms with Crippen LogP contribution in [0.3, 0.4) is 0 Å². The summed E-state index contributed by atoms with van der Waals surface area (Å²) >= 11 is 1.47. The highest BCUT2D eigenvalue weighted by molar-refractivity contribution is 8.00. The molecule has 3 rings (SSSR count). The Bertz CT molecular complexity index is 789. The smallest absolute Gasteiger partial charge is 0.233 e. The van der Waals surface area contributed by atoms with E-state index in [9.17, 15) is 4.79 Å². The van der Waals surface area contributed by atoms with Crippen molar-refractivity contribution in [3.63, 3.8) is 0 Å². The Kier molecular flexibility index (Phi) is 7.19. The van der Waals surface area contributed by atoms with Gasteiger partial charge in [-0.1, -0.05) is 37.1 Å². The Hall–Kier alpha value is -2.22. The van der Waals surface area contributed by atoms with Crippen LogP contribution in [0.2, 0.25) is 0 Å². The van der Waals surface area contributed by atoms with Crippen LogP contribution in [0.15, 0.2) is 29.4 Å². The minimum atomic E-state index is -0.212. The highest BCUT2D eigenvalue weighted by atomic mass is 32.2. The van der Waals surface area contributed by atoms with Crippen LogP contribution in [-0.4, -0.2) is 40.1 Å². The number of rotatable bonds is 8. The number of benzene rings is 1. The minimum absolute atomic E-state index is 0.000695. The molecule has 1 heterocycles. The topological polar surface area (TPSA) is 81.1 Å². The maximum atomic E-state index is 12.0. The molecule has 0 spiro atoms. The Morgan fingerprint density at radius 1 is 1.32 bits per heavy atom. The average molecular weight is 404 g/mol. The number of nitrogens with one attached hydrogen (secondary N) is 2. The quantitative estimate of drug-likeness (QED) is 0.655. The second kappa shape index (κ2) is 9.82. The van der Waals surface area contributed by atoms with E-state index in [-0.39, 0.29) is 11.2 Å². The van der Waals surface area contributed by atoms with Crippen LogP contribution in [-0.2, 0) is 11.3 Å². The van der Waals surface area contributed by atoms with Gasteiger partial charge in [-0.15, -0.1) is 10.2 Å². The van der Waals surface area contributed by atoms with E-state index in [0.29, 0.717) is 12.6 Å². The molecule has 1 unspecified atom stereocenters. The maximum Gasteiger partial charge on any atom is 0.233 e. The maximum absolute atomic E-state index is 12.0. The van der Waals surface area contributed by atoms with Gasteiger partial charge in [-0.3, -0.25) is 4.79 Å². The lowest BCUT2D eigenvalue weighted by Crippen LogP contribution is -2.28. The molecule has 28 heavy (non-hydrogen) atoms. The Balaban J connectivity index is 1.79. The number of thioether (sulfide) groups is 1. The van der Waals surface area contributed by atoms with E-state index >= 15 is 0 Å². The summed E-state index contributed by atoms with van der Waals surface area (Å²) in [5, 5.41) is 15.6. The van der Waals surface area contributed by atoms with Gasteiger partial charge >= 0.3 is 0 Å². The molecule has 1 aromatic carbocycles. The van der Waals surface area contributed by atoms with Gasteiger partial charge in [0, 0.05) is 24.8 Å². The molecule has 1 aliphatic carbocycles. The van der Waals surface area contributed by atoms with E-state index in [1.54, 1.807) is 14.2 Å². The first-order valence-corrected chi connectivity index (χ1v) is 10.7. The lowest BCUT2D eigenvalue weighted by Gasteiger charge is -2.26. The lowest BCUT2D eigenvalue weighted by molar-refractivity contribution is -0.119. The molecule has 7 nitrogen and oxygen atoms in total. The summed E-state index contributed by atoms with van der Waals surface area (Å²) in [5.41, 5.74) is 0.977. The highest BCUT2D eigenvalue weighted by Gasteiger charge is 2.25. The molecule has 0 aliphatic heterocycles. The zero-order chi connectivity index (χ0) is 19.9. The fourth-order valence-electron chi connectivity index (χ4n) is 3.54. The van der Waals surface area contributed by atoms with Crippen molar-refractivity contribution in [3.05, 3.63) is 30.1 Å². The van der Waals surface area contributed by atoms with Gasteiger partial charge in [0.2, 0.25) is 5.91 Å². The van der Waals surface area contributed by atoms with Crippen molar-refractivity contribution in [2.45, 2.75) is 62.0 Å². The standard InChI is InChI=1S/C20H29N5O2S/c1-14(19(26)21-2)28-20-24-23-18(25(20)16-9-5-4-6-10-16)13-22-15-8-7-11-17(12-15)27-3/h7-8,11-12,14,16,22H,4-6,9-10,13H2,1-3H3,(H,21,26). The van der Waals surface area contributed by atoms with Gasteiger partial charge in [0.1, 0.15) is 5.75 Å². The number of hydrogen-bond acceptors (Lipinski definition) is 6. The van der Waals surface area contributed by atoms with Crippen molar-refractivity contribution in [1.82, 2.24) is 20.1 Å². The van der Waals surface area contributed by atoms with Gasteiger partial charge in [0.05, 0.1) is 18.9 Å². The molecule has 1 aromatic heterocycles. The van der Waals surface area contributed by atoms with E-state index in [1.165, 1.54) is 31.0 Å². The van der Waals surface area contributed by atoms with Crippen molar-refractivity contribution in [2.75, 3.05) is 19.5 Å². The second-order valence-corrected chi connectivity index (χ2v) is 8.33. The third-order valence-corrected chi connectivity index (χ3v) is 6.15. The van der Waals surface area contributed by atoms with E-state index in [0.717, 1.165) is 35.3 Å². The SMILES string of the molecule is CNC(=O)C(C)Sc1nnc(CNc2cccc(OC)c2)n1C1CCCCC1. The van der Waals surface area contributed by atoms with Crippen LogP contribution in [0.5, 0.6) is 5.75 Å². The number of methoxy groups -OCH3 is 1. The molecule has 1 saturated carbocycles. The van der Waals surface area contributed by atoms with Crippen LogP contribution in [0, 0.1) is 0 Å². The molecule has 2 N–H and O–H groups in total. The second-order valence-electron chi connectivity index (χ2n) is 7.02. The first-order valence-electron chi connectivity index (χ1n) is 9.82. The first kappa shape index (κ1) is 20.5. The summed E-state index contributed by atoms with van der Waals surface area (Å²) < 4.78 is 7.54. The van der Waals surface area contributed by atoms with Crippen LogP contribution >= 0.6 is 11.8 Å². The van der Waals surface area contributed by atoms with E-state index < -0.39 is 0 Å². The zero-order valence-electron chi connectivity index (χ0n) is 16.8. The third kappa shape index (κ3) is 4.98. The van der Waals surface area contributed by atoms with Gasteiger partial charge in [0.15, 0.2) is 11.0 Å². The number of amides is 1. The van der Waals surface area contributed by atoms with Crippen molar-refractivity contribution in [1.29, 1.82) is 0 Å². The molecule has 152 valence electrons. The molecule has 8 heteroatoms. The summed E-state index contributed by atoms with van der Waals surface area (Å²) in [4.78, 5) is 12.0. The van der Waals surface area contributed by atoms with Gasteiger partial charge in [-0.2, -0.15) is 0 Å². The predicted molar refractivity (Wildman–Crippen MR) is 112 cm³/mol. The molecule has 1 amide bonds. The number of ether oxygens (including phenoxy) is 1. The van der Waals surface area contributed by atoms with Gasteiger partial charge in [-0.05, 0) is 31.9 Å². The number of carbonyl (C=O) groups excluding carboxylic acids is 1. The molecule has 0 radical (unpaired) electrons. The molecular formula is C20H29N5O2S. The summed E-state index contributed by atoms with van der Waals surface area (Å²) in [7, 11) is 3.32. The third-order valence-electron chi connectivity index (χ3n) is 5.09.